The Morgan fingerprint density at radius 3 is 3.09 bits per heavy atom. The van der Waals surface area contributed by atoms with Gasteiger partial charge in [0.2, 0.25) is 5.91 Å². The molecule has 2 aromatic rings. The van der Waals surface area contributed by atoms with E-state index in [0.29, 0.717) is 6.42 Å². The number of fused-ring (bicyclic) bond motifs is 1. The summed E-state index contributed by atoms with van der Waals surface area (Å²) in [6.07, 6.45) is 7.21. The Balaban J connectivity index is 1.70. The van der Waals surface area contributed by atoms with Gasteiger partial charge in [-0.15, -0.1) is 0 Å². The number of ether oxygens (including phenoxy) is 1. The SMILES string of the molecule is COc1ccc2c(c1)CCCC2CC(=O)Nc1cnn(C)c1. The summed E-state index contributed by atoms with van der Waals surface area (Å²) in [6, 6.07) is 6.19. The average molecular weight is 299 g/mol. The molecule has 0 radical (unpaired) electrons. The Morgan fingerprint density at radius 2 is 2.36 bits per heavy atom. The second kappa shape index (κ2) is 6.22. The van der Waals surface area contributed by atoms with E-state index in [9.17, 15) is 4.79 Å². The van der Waals surface area contributed by atoms with E-state index in [4.69, 9.17) is 4.74 Å². The van der Waals surface area contributed by atoms with Crippen LogP contribution in [-0.4, -0.2) is 22.8 Å². The number of nitrogens with one attached hydrogen (secondary N) is 1. The second-order valence-electron chi connectivity index (χ2n) is 5.81. The Hall–Kier alpha value is -2.30. The molecule has 0 aliphatic heterocycles. The van der Waals surface area contributed by atoms with Crippen LogP contribution >= 0.6 is 0 Å². The topological polar surface area (TPSA) is 56.1 Å². The zero-order valence-corrected chi connectivity index (χ0v) is 13.0. The van der Waals surface area contributed by atoms with Crippen LogP contribution in [0.2, 0.25) is 0 Å². The molecule has 0 fully saturated rings. The minimum absolute atomic E-state index is 0.0432. The van der Waals surface area contributed by atoms with Gasteiger partial charge in [0.15, 0.2) is 0 Å². The lowest BCUT2D eigenvalue weighted by molar-refractivity contribution is -0.116. The maximum atomic E-state index is 12.3. The Morgan fingerprint density at radius 1 is 1.50 bits per heavy atom. The van der Waals surface area contributed by atoms with Crippen molar-refractivity contribution in [3.8, 4) is 5.75 Å². The van der Waals surface area contributed by atoms with Crippen molar-refractivity contribution in [3.05, 3.63) is 41.7 Å². The zero-order chi connectivity index (χ0) is 15.5. The number of methoxy groups -OCH3 is 1. The van der Waals surface area contributed by atoms with Gasteiger partial charge < -0.3 is 10.1 Å². The van der Waals surface area contributed by atoms with Crippen molar-refractivity contribution in [2.75, 3.05) is 12.4 Å². The first-order valence-electron chi connectivity index (χ1n) is 7.61. The van der Waals surface area contributed by atoms with E-state index >= 15 is 0 Å². The number of hydrogen-bond donors (Lipinski definition) is 1. The highest BCUT2D eigenvalue weighted by atomic mass is 16.5. The first kappa shape index (κ1) is 14.6. The number of amides is 1. The number of hydrogen-bond acceptors (Lipinski definition) is 3. The third-order valence-corrected chi connectivity index (χ3v) is 4.21. The molecule has 1 aliphatic rings. The second-order valence-corrected chi connectivity index (χ2v) is 5.81. The molecule has 0 bridgehead atoms. The highest BCUT2D eigenvalue weighted by molar-refractivity contribution is 5.91. The van der Waals surface area contributed by atoms with Crippen LogP contribution in [0.4, 0.5) is 5.69 Å². The molecule has 22 heavy (non-hydrogen) atoms. The maximum Gasteiger partial charge on any atom is 0.225 e. The number of benzene rings is 1. The highest BCUT2D eigenvalue weighted by Crippen LogP contribution is 2.35. The number of anilines is 1. The van der Waals surface area contributed by atoms with E-state index in [0.717, 1.165) is 30.7 Å². The molecule has 1 amide bonds. The molecule has 1 aromatic carbocycles. The van der Waals surface area contributed by atoms with E-state index in [2.05, 4.69) is 22.5 Å². The highest BCUT2D eigenvalue weighted by Gasteiger charge is 2.23. The number of nitrogens with zero attached hydrogens (tertiary/aromatic N) is 2. The van der Waals surface area contributed by atoms with Gasteiger partial charge in [-0.2, -0.15) is 5.10 Å². The molecule has 0 spiro atoms. The van der Waals surface area contributed by atoms with Crippen LogP contribution in [0.5, 0.6) is 5.75 Å². The van der Waals surface area contributed by atoms with E-state index in [-0.39, 0.29) is 11.8 Å². The quantitative estimate of drug-likeness (QED) is 0.944. The summed E-state index contributed by atoms with van der Waals surface area (Å²) in [5.74, 6) is 1.22. The fourth-order valence-corrected chi connectivity index (χ4v) is 3.15. The first-order chi connectivity index (χ1) is 10.7. The predicted octanol–water partition coefficient (Wildman–Crippen LogP) is 2.88. The van der Waals surface area contributed by atoms with Crippen LogP contribution in [0.15, 0.2) is 30.6 Å². The minimum Gasteiger partial charge on any atom is -0.497 e. The summed E-state index contributed by atoms with van der Waals surface area (Å²) in [6.45, 7) is 0. The molecule has 1 atom stereocenters. The molecular weight excluding hydrogens is 278 g/mol. The van der Waals surface area contributed by atoms with Gasteiger partial charge in [-0.05, 0) is 48.4 Å². The summed E-state index contributed by atoms with van der Waals surface area (Å²) < 4.78 is 6.97. The van der Waals surface area contributed by atoms with Crippen LogP contribution in [0, 0.1) is 0 Å². The number of aryl methyl sites for hydroxylation is 2. The van der Waals surface area contributed by atoms with E-state index in [1.54, 1.807) is 24.2 Å². The summed E-state index contributed by atoms with van der Waals surface area (Å²) in [5.41, 5.74) is 3.34. The van der Waals surface area contributed by atoms with Crippen molar-refractivity contribution in [3.63, 3.8) is 0 Å². The molecule has 0 saturated heterocycles. The molecule has 1 aromatic heterocycles. The van der Waals surface area contributed by atoms with Crippen LogP contribution in [0.25, 0.3) is 0 Å². The van der Waals surface area contributed by atoms with Crippen molar-refractivity contribution in [2.45, 2.75) is 31.6 Å². The number of rotatable bonds is 4. The van der Waals surface area contributed by atoms with Crippen LogP contribution in [0.3, 0.4) is 0 Å². The van der Waals surface area contributed by atoms with Gasteiger partial charge in [-0.3, -0.25) is 9.48 Å². The lowest BCUT2D eigenvalue weighted by Gasteiger charge is -2.25. The molecule has 116 valence electrons. The Kier molecular flexibility index (Phi) is 4.13. The maximum absolute atomic E-state index is 12.3. The van der Waals surface area contributed by atoms with Gasteiger partial charge in [0.25, 0.3) is 0 Å². The number of aromatic nitrogens is 2. The summed E-state index contributed by atoms with van der Waals surface area (Å²) in [4.78, 5) is 12.3. The summed E-state index contributed by atoms with van der Waals surface area (Å²) in [5, 5.41) is 6.98. The van der Waals surface area contributed by atoms with Crippen molar-refractivity contribution in [1.82, 2.24) is 9.78 Å². The van der Waals surface area contributed by atoms with Gasteiger partial charge in [0, 0.05) is 19.7 Å². The number of carbonyl (C=O) groups is 1. The van der Waals surface area contributed by atoms with Crippen molar-refractivity contribution in [1.29, 1.82) is 0 Å². The van der Waals surface area contributed by atoms with Gasteiger partial charge in [-0.25, -0.2) is 0 Å². The predicted molar refractivity (Wildman–Crippen MR) is 85.1 cm³/mol. The normalized spacial score (nSPS) is 16.9. The van der Waals surface area contributed by atoms with Gasteiger partial charge in [0.05, 0.1) is 19.0 Å². The molecule has 5 nitrogen and oxygen atoms in total. The molecule has 3 rings (SSSR count). The van der Waals surface area contributed by atoms with Gasteiger partial charge >= 0.3 is 0 Å². The molecule has 1 aliphatic carbocycles. The largest absolute Gasteiger partial charge is 0.497 e. The molecule has 0 saturated carbocycles. The fourth-order valence-electron chi connectivity index (χ4n) is 3.15. The lowest BCUT2D eigenvalue weighted by atomic mass is 9.81. The lowest BCUT2D eigenvalue weighted by Crippen LogP contribution is -2.18. The van der Waals surface area contributed by atoms with E-state index in [1.807, 2.05) is 13.1 Å². The minimum atomic E-state index is 0.0432. The fraction of sp³-hybridized carbons (Fsp3) is 0.412. The van der Waals surface area contributed by atoms with Gasteiger partial charge in [-0.1, -0.05) is 6.07 Å². The standard InChI is InChI=1S/C17H21N3O2/c1-20-11-14(10-18-20)19-17(21)9-13-5-3-4-12-8-15(22-2)6-7-16(12)13/h6-8,10-11,13H,3-5,9H2,1-2H3,(H,19,21). The molecule has 1 N–H and O–H groups in total. The molecule has 1 unspecified atom stereocenters. The first-order valence-corrected chi connectivity index (χ1v) is 7.61. The van der Waals surface area contributed by atoms with Crippen molar-refractivity contribution < 1.29 is 9.53 Å². The van der Waals surface area contributed by atoms with Crippen LogP contribution in [0.1, 0.15) is 36.3 Å². The zero-order valence-electron chi connectivity index (χ0n) is 13.0. The van der Waals surface area contributed by atoms with Crippen molar-refractivity contribution >= 4 is 11.6 Å². The third-order valence-electron chi connectivity index (χ3n) is 4.21. The Bertz CT molecular complexity index is 678. The summed E-state index contributed by atoms with van der Waals surface area (Å²) >= 11 is 0. The van der Waals surface area contributed by atoms with Gasteiger partial charge in [0.1, 0.15) is 5.75 Å². The Labute approximate surface area is 130 Å². The van der Waals surface area contributed by atoms with E-state index in [1.165, 1.54) is 11.1 Å². The van der Waals surface area contributed by atoms with Crippen LogP contribution in [-0.2, 0) is 18.3 Å². The molecule has 1 heterocycles. The number of carbonyl (C=O) groups excluding carboxylic acids is 1. The van der Waals surface area contributed by atoms with Crippen molar-refractivity contribution in [2.24, 2.45) is 7.05 Å². The third kappa shape index (κ3) is 3.13. The average Bonchev–Trinajstić information content (AvgIpc) is 2.92. The van der Waals surface area contributed by atoms with Crippen LogP contribution < -0.4 is 10.1 Å². The van der Waals surface area contributed by atoms with E-state index < -0.39 is 0 Å². The molecule has 5 heteroatoms. The summed E-state index contributed by atoms with van der Waals surface area (Å²) in [7, 11) is 3.52. The monoisotopic (exact) mass is 299 g/mol. The smallest absolute Gasteiger partial charge is 0.225 e. The molecular formula is C17H21N3O2.